The molecule has 0 bridgehead atoms. The van der Waals surface area contributed by atoms with E-state index in [1.807, 2.05) is 55.5 Å². The molecule has 0 amide bonds. The average molecular weight is 479 g/mol. The van der Waals surface area contributed by atoms with Crippen molar-refractivity contribution in [3.8, 4) is 17.2 Å². The number of benzene rings is 3. The number of aliphatic hydroxyl groups excluding tert-OH is 1. The Morgan fingerprint density at radius 2 is 1.57 bits per heavy atom. The van der Waals surface area contributed by atoms with Crippen LogP contribution in [0.3, 0.4) is 0 Å². The SMILES string of the molecule is COc1cc([C@@H](O)[C@@H](CCCc2ccccc2)Cc2cccc(OCC(=O)O)c2)cc(OC)c1C. The van der Waals surface area contributed by atoms with E-state index in [1.54, 1.807) is 20.3 Å². The predicted molar refractivity (Wildman–Crippen MR) is 135 cm³/mol. The summed E-state index contributed by atoms with van der Waals surface area (Å²) in [7, 11) is 3.22. The molecule has 6 heteroatoms. The van der Waals surface area contributed by atoms with Crippen molar-refractivity contribution >= 4 is 5.97 Å². The summed E-state index contributed by atoms with van der Waals surface area (Å²) in [4.78, 5) is 10.9. The lowest BCUT2D eigenvalue weighted by atomic mass is 9.85. The van der Waals surface area contributed by atoms with Crippen molar-refractivity contribution in [1.29, 1.82) is 0 Å². The molecule has 0 aliphatic rings. The Labute approximate surface area is 207 Å². The average Bonchev–Trinajstić information content (AvgIpc) is 2.87. The summed E-state index contributed by atoms with van der Waals surface area (Å²) in [5, 5.41) is 20.4. The third kappa shape index (κ3) is 7.49. The van der Waals surface area contributed by atoms with E-state index in [0.717, 1.165) is 36.0 Å². The third-order valence-corrected chi connectivity index (χ3v) is 6.20. The van der Waals surface area contributed by atoms with Gasteiger partial charge in [-0.3, -0.25) is 0 Å². The summed E-state index contributed by atoms with van der Waals surface area (Å²) in [5.74, 6) is 0.745. The highest BCUT2D eigenvalue weighted by Crippen LogP contribution is 2.37. The number of aryl methyl sites for hydroxylation is 1. The van der Waals surface area contributed by atoms with Crippen LogP contribution in [0.2, 0.25) is 0 Å². The molecule has 0 aliphatic carbocycles. The molecule has 2 atom stereocenters. The zero-order valence-corrected chi connectivity index (χ0v) is 20.6. The number of carboxylic acids is 1. The number of rotatable bonds is 13. The minimum absolute atomic E-state index is 0.0782. The summed E-state index contributed by atoms with van der Waals surface area (Å²) >= 11 is 0. The minimum Gasteiger partial charge on any atom is -0.496 e. The Morgan fingerprint density at radius 3 is 2.20 bits per heavy atom. The van der Waals surface area contributed by atoms with Crippen LogP contribution in [-0.4, -0.2) is 37.0 Å². The van der Waals surface area contributed by atoms with E-state index >= 15 is 0 Å². The molecule has 3 aromatic carbocycles. The molecule has 3 aromatic rings. The normalized spacial score (nSPS) is 12.6. The summed E-state index contributed by atoms with van der Waals surface area (Å²) in [6.07, 6.45) is 2.51. The monoisotopic (exact) mass is 478 g/mol. The summed E-state index contributed by atoms with van der Waals surface area (Å²) in [6, 6.07) is 21.5. The summed E-state index contributed by atoms with van der Waals surface area (Å²) in [5.41, 5.74) is 3.87. The lowest BCUT2D eigenvalue weighted by molar-refractivity contribution is -0.139. The number of hydrogen-bond donors (Lipinski definition) is 2. The van der Waals surface area contributed by atoms with E-state index in [2.05, 4.69) is 12.1 Å². The highest BCUT2D eigenvalue weighted by atomic mass is 16.5. The van der Waals surface area contributed by atoms with Crippen LogP contribution in [0.15, 0.2) is 66.7 Å². The number of carboxylic acid groups (broad SMARTS) is 1. The van der Waals surface area contributed by atoms with Crippen molar-refractivity contribution in [2.45, 2.75) is 38.7 Å². The first kappa shape index (κ1) is 26.1. The van der Waals surface area contributed by atoms with Gasteiger partial charge in [-0.1, -0.05) is 42.5 Å². The van der Waals surface area contributed by atoms with Crippen molar-refractivity contribution in [3.05, 3.63) is 89.0 Å². The van der Waals surface area contributed by atoms with Gasteiger partial charge in [0.15, 0.2) is 6.61 Å². The second-order valence-corrected chi connectivity index (χ2v) is 8.67. The van der Waals surface area contributed by atoms with Gasteiger partial charge in [-0.15, -0.1) is 0 Å². The molecule has 0 aromatic heterocycles. The van der Waals surface area contributed by atoms with Gasteiger partial charge in [0.25, 0.3) is 0 Å². The molecule has 6 nitrogen and oxygen atoms in total. The van der Waals surface area contributed by atoms with Crippen molar-refractivity contribution in [1.82, 2.24) is 0 Å². The maximum atomic E-state index is 11.5. The largest absolute Gasteiger partial charge is 0.496 e. The second kappa shape index (κ2) is 12.8. The fourth-order valence-electron chi connectivity index (χ4n) is 4.34. The van der Waals surface area contributed by atoms with Crippen molar-refractivity contribution in [2.75, 3.05) is 20.8 Å². The number of hydrogen-bond acceptors (Lipinski definition) is 5. The van der Waals surface area contributed by atoms with Crippen LogP contribution < -0.4 is 14.2 Å². The molecule has 0 aliphatic heterocycles. The molecule has 0 saturated heterocycles. The van der Waals surface area contributed by atoms with Gasteiger partial charge in [0.05, 0.1) is 20.3 Å². The van der Waals surface area contributed by atoms with Crippen molar-refractivity contribution < 1.29 is 29.2 Å². The quantitative estimate of drug-likeness (QED) is 0.343. The van der Waals surface area contributed by atoms with Crippen LogP contribution in [0, 0.1) is 12.8 Å². The highest BCUT2D eigenvalue weighted by molar-refractivity contribution is 5.68. The second-order valence-electron chi connectivity index (χ2n) is 8.67. The topological polar surface area (TPSA) is 85.2 Å². The molecular formula is C29H34O6. The van der Waals surface area contributed by atoms with Crippen LogP contribution in [0.5, 0.6) is 17.2 Å². The predicted octanol–water partition coefficient (Wildman–Crippen LogP) is 5.39. The molecule has 3 rings (SSSR count). The Kier molecular flexibility index (Phi) is 9.56. The first-order valence-corrected chi connectivity index (χ1v) is 11.8. The fourth-order valence-corrected chi connectivity index (χ4v) is 4.34. The van der Waals surface area contributed by atoms with Gasteiger partial charge in [0, 0.05) is 5.56 Å². The molecule has 2 N–H and O–H groups in total. The van der Waals surface area contributed by atoms with E-state index in [1.165, 1.54) is 5.56 Å². The van der Waals surface area contributed by atoms with Crippen LogP contribution >= 0.6 is 0 Å². The summed E-state index contributed by atoms with van der Waals surface area (Å²) in [6.45, 7) is 1.53. The molecule has 35 heavy (non-hydrogen) atoms. The van der Waals surface area contributed by atoms with E-state index in [9.17, 15) is 9.90 Å². The Bertz CT molecular complexity index is 1070. The Hall–Kier alpha value is -3.51. The maximum absolute atomic E-state index is 11.5. The number of aliphatic carboxylic acids is 1. The third-order valence-electron chi connectivity index (χ3n) is 6.20. The van der Waals surface area contributed by atoms with E-state index < -0.39 is 18.7 Å². The lowest BCUT2D eigenvalue weighted by Crippen LogP contribution is -2.17. The molecule has 0 fully saturated rings. The van der Waals surface area contributed by atoms with Gasteiger partial charge in [-0.25, -0.2) is 4.79 Å². The number of ether oxygens (including phenoxy) is 3. The Morgan fingerprint density at radius 1 is 0.914 bits per heavy atom. The molecule has 0 unspecified atom stereocenters. The maximum Gasteiger partial charge on any atom is 0.341 e. The molecule has 0 spiro atoms. The number of methoxy groups -OCH3 is 2. The first-order chi connectivity index (χ1) is 16.9. The van der Waals surface area contributed by atoms with Crippen LogP contribution in [-0.2, 0) is 17.6 Å². The van der Waals surface area contributed by atoms with Gasteiger partial charge >= 0.3 is 5.97 Å². The van der Waals surface area contributed by atoms with E-state index in [4.69, 9.17) is 19.3 Å². The van der Waals surface area contributed by atoms with Gasteiger partial charge in [-0.2, -0.15) is 0 Å². The zero-order chi connectivity index (χ0) is 25.2. The number of aliphatic hydroxyl groups is 1. The van der Waals surface area contributed by atoms with Gasteiger partial charge in [-0.05, 0) is 79.5 Å². The van der Waals surface area contributed by atoms with Crippen LogP contribution in [0.25, 0.3) is 0 Å². The minimum atomic E-state index is -1.02. The molecular weight excluding hydrogens is 444 g/mol. The van der Waals surface area contributed by atoms with E-state index in [-0.39, 0.29) is 5.92 Å². The lowest BCUT2D eigenvalue weighted by Gasteiger charge is -2.25. The smallest absolute Gasteiger partial charge is 0.341 e. The van der Waals surface area contributed by atoms with Crippen LogP contribution in [0.4, 0.5) is 0 Å². The molecule has 186 valence electrons. The van der Waals surface area contributed by atoms with E-state index in [0.29, 0.717) is 23.7 Å². The summed E-state index contributed by atoms with van der Waals surface area (Å²) < 4.78 is 16.4. The first-order valence-electron chi connectivity index (χ1n) is 11.8. The number of carbonyl (C=O) groups is 1. The van der Waals surface area contributed by atoms with Crippen molar-refractivity contribution in [2.24, 2.45) is 5.92 Å². The Balaban J connectivity index is 1.83. The highest BCUT2D eigenvalue weighted by Gasteiger charge is 2.24. The molecule has 0 radical (unpaired) electrons. The molecule has 0 heterocycles. The molecule has 0 saturated carbocycles. The fraction of sp³-hybridized carbons (Fsp3) is 0.345. The van der Waals surface area contributed by atoms with Gasteiger partial charge < -0.3 is 24.4 Å². The van der Waals surface area contributed by atoms with Gasteiger partial charge in [0.1, 0.15) is 17.2 Å². The van der Waals surface area contributed by atoms with Crippen LogP contribution in [0.1, 0.15) is 41.2 Å². The van der Waals surface area contributed by atoms with Gasteiger partial charge in [0.2, 0.25) is 0 Å². The van der Waals surface area contributed by atoms with Crippen molar-refractivity contribution in [3.63, 3.8) is 0 Å². The zero-order valence-electron chi connectivity index (χ0n) is 20.6. The standard InChI is InChI=1S/C29H34O6/c1-20-26(33-2)17-24(18-27(20)34-3)29(32)23(13-7-11-21-9-5-4-6-10-21)15-22-12-8-14-25(16-22)35-19-28(30)31/h4-6,8-10,12,14,16-18,23,29,32H,7,11,13,15,19H2,1-3H3,(H,30,31)/t23-,29-/m0/s1.